The molecule has 1 amide bonds. The van der Waals surface area contributed by atoms with E-state index in [9.17, 15) is 39.6 Å². The summed E-state index contributed by atoms with van der Waals surface area (Å²) in [5, 5.41) is 16.8. The number of rotatable bonds is 5. The average molecular weight is 594 g/mol. The second kappa shape index (κ2) is 13.9. The van der Waals surface area contributed by atoms with Crippen LogP contribution in [-0.4, -0.2) is 89.4 Å². The number of fused-ring (bicyclic) bond motifs is 1. The highest BCUT2D eigenvalue weighted by atomic mass is 32.2. The number of hydrogen-bond acceptors (Lipinski definition) is 7. The minimum atomic E-state index is -5.08. The average Bonchev–Trinajstić information content (AvgIpc) is 3.22. The lowest BCUT2D eigenvalue weighted by atomic mass is 9.87. The van der Waals surface area contributed by atoms with Crippen molar-refractivity contribution in [1.82, 2.24) is 15.2 Å². The fourth-order valence-corrected chi connectivity index (χ4v) is 6.25. The Kier molecular flexibility index (Phi) is 12.2. The molecule has 0 bridgehead atoms. The fourth-order valence-electron chi connectivity index (χ4n) is 4.12. The van der Waals surface area contributed by atoms with Gasteiger partial charge in [0.15, 0.2) is 9.84 Å². The van der Waals surface area contributed by atoms with Crippen molar-refractivity contribution in [2.75, 3.05) is 25.4 Å². The van der Waals surface area contributed by atoms with E-state index < -0.39 is 39.4 Å². The van der Waals surface area contributed by atoms with Gasteiger partial charge in [0, 0.05) is 50.4 Å². The van der Waals surface area contributed by atoms with E-state index in [0.717, 1.165) is 12.1 Å². The molecule has 0 aliphatic carbocycles. The smallest absolute Gasteiger partial charge is 0.475 e. The lowest BCUT2D eigenvalue weighted by Crippen LogP contribution is -2.47. The summed E-state index contributed by atoms with van der Waals surface area (Å²) in [6.45, 7) is 6.85. The lowest BCUT2D eigenvalue weighted by Gasteiger charge is -2.31. The molecule has 3 N–H and O–H groups in total. The SMILES string of the molecule is CC(C)CN1C[C@H]2[C@@H](C1)S(=O)(=O)CC[C@H]2C(=O)NCc1cccnc1.O=C(O)C(F)(F)F.O=C(O)C(F)(F)F. The first-order valence-corrected chi connectivity index (χ1v) is 13.2. The lowest BCUT2D eigenvalue weighted by molar-refractivity contribution is -0.193. The predicted molar refractivity (Wildman–Crippen MR) is 124 cm³/mol. The molecule has 0 aromatic carbocycles. The standard InChI is InChI=1S/C18H27N3O3S.2C2HF3O2/c1-13(2)10-21-11-16-15(5-7-25(23,24)17(16)12-21)18(22)20-9-14-4-3-6-19-8-14;2*3-2(4,5)1(6)7/h3-4,6,8,13,15-17H,5,7,9-12H2,1-2H3,(H,20,22);2*(H,6,7)/t15-,16-,17-;;/m1../s1. The van der Waals surface area contributed by atoms with Crippen molar-refractivity contribution in [3.05, 3.63) is 30.1 Å². The molecule has 3 rings (SSSR count). The number of aromatic nitrogens is 1. The molecule has 0 saturated carbocycles. The largest absolute Gasteiger partial charge is 0.490 e. The fraction of sp³-hybridized carbons (Fsp3) is 0.636. The Morgan fingerprint density at radius 1 is 1.08 bits per heavy atom. The number of likely N-dealkylation sites (tertiary alicyclic amines) is 1. The van der Waals surface area contributed by atoms with Crippen molar-refractivity contribution in [3.8, 4) is 0 Å². The Bertz CT molecular complexity index is 1060. The van der Waals surface area contributed by atoms with Gasteiger partial charge in [-0.15, -0.1) is 0 Å². The minimum Gasteiger partial charge on any atom is -0.475 e. The molecule has 222 valence electrons. The minimum absolute atomic E-state index is 0.0276. The predicted octanol–water partition coefficient (Wildman–Crippen LogP) is 2.36. The zero-order chi connectivity index (χ0) is 30.2. The van der Waals surface area contributed by atoms with Crippen LogP contribution in [0.3, 0.4) is 0 Å². The summed E-state index contributed by atoms with van der Waals surface area (Å²) in [5.74, 6) is -5.25. The molecule has 0 radical (unpaired) electrons. The molecule has 2 aliphatic heterocycles. The van der Waals surface area contributed by atoms with Gasteiger partial charge in [0.25, 0.3) is 0 Å². The maximum absolute atomic E-state index is 12.7. The number of aliphatic carboxylic acids is 2. The first kappa shape index (κ1) is 34.1. The number of pyridine rings is 1. The summed E-state index contributed by atoms with van der Waals surface area (Å²) in [5.41, 5.74) is 0.948. The number of carbonyl (C=O) groups is 3. The van der Waals surface area contributed by atoms with Crippen LogP contribution in [0.15, 0.2) is 24.5 Å². The van der Waals surface area contributed by atoms with Crippen LogP contribution in [0.5, 0.6) is 0 Å². The highest BCUT2D eigenvalue weighted by Gasteiger charge is 2.50. The monoisotopic (exact) mass is 593 g/mol. The Labute approximate surface area is 220 Å². The molecule has 2 aliphatic rings. The van der Waals surface area contributed by atoms with E-state index in [1.54, 1.807) is 12.4 Å². The Morgan fingerprint density at radius 3 is 2.05 bits per heavy atom. The Morgan fingerprint density at radius 2 is 1.62 bits per heavy atom. The van der Waals surface area contributed by atoms with E-state index in [0.29, 0.717) is 32.0 Å². The topological polar surface area (TPSA) is 154 Å². The van der Waals surface area contributed by atoms with Gasteiger partial charge in [-0.3, -0.25) is 9.78 Å². The van der Waals surface area contributed by atoms with Crippen LogP contribution in [0.2, 0.25) is 0 Å². The number of amides is 1. The van der Waals surface area contributed by atoms with E-state index in [1.807, 2.05) is 12.1 Å². The third-order valence-electron chi connectivity index (χ3n) is 5.71. The van der Waals surface area contributed by atoms with Gasteiger partial charge in [0.05, 0.1) is 11.0 Å². The van der Waals surface area contributed by atoms with Crippen molar-refractivity contribution >= 4 is 27.7 Å². The molecule has 3 atom stereocenters. The van der Waals surface area contributed by atoms with Gasteiger partial charge in [-0.1, -0.05) is 19.9 Å². The molecule has 17 heteroatoms. The Hall–Kier alpha value is -2.95. The van der Waals surface area contributed by atoms with Gasteiger partial charge in [-0.25, -0.2) is 18.0 Å². The van der Waals surface area contributed by atoms with Crippen LogP contribution < -0.4 is 5.32 Å². The second-order valence-corrected chi connectivity index (χ2v) is 11.6. The van der Waals surface area contributed by atoms with Gasteiger partial charge >= 0.3 is 24.3 Å². The zero-order valence-electron chi connectivity index (χ0n) is 20.9. The third kappa shape index (κ3) is 11.4. The van der Waals surface area contributed by atoms with E-state index >= 15 is 0 Å². The number of carbonyl (C=O) groups excluding carboxylic acids is 1. The summed E-state index contributed by atoms with van der Waals surface area (Å²) in [4.78, 5) is 36.8. The number of nitrogens with one attached hydrogen (secondary N) is 1. The quantitative estimate of drug-likeness (QED) is 0.437. The normalized spacial score (nSPS) is 22.4. The number of alkyl halides is 6. The van der Waals surface area contributed by atoms with Crippen molar-refractivity contribution in [2.45, 2.75) is 44.4 Å². The van der Waals surface area contributed by atoms with Crippen molar-refractivity contribution in [1.29, 1.82) is 0 Å². The van der Waals surface area contributed by atoms with Crippen LogP contribution in [-0.2, 0) is 30.8 Å². The van der Waals surface area contributed by atoms with E-state index in [1.165, 1.54) is 0 Å². The van der Waals surface area contributed by atoms with Crippen LogP contribution in [0.4, 0.5) is 26.3 Å². The van der Waals surface area contributed by atoms with Crippen LogP contribution in [0.25, 0.3) is 0 Å². The number of nitrogens with zero attached hydrogens (tertiary/aromatic N) is 2. The molecular formula is C22H29F6N3O7S. The van der Waals surface area contributed by atoms with Gasteiger partial charge in [-0.05, 0) is 24.0 Å². The number of carboxylic acid groups (broad SMARTS) is 2. The van der Waals surface area contributed by atoms with Crippen LogP contribution in [0.1, 0.15) is 25.8 Å². The van der Waals surface area contributed by atoms with Crippen molar-refractivity contribution in [3.63, 3.8) is 0 Å². The van der Waals surface area contributed by atoms with E-state index in [-0.39, 0.29) is 23.5 Å². The first-order valence-electron chi connectivity index (χ1n) is 11.5. The number of sulfone groups is 1. The molecule has 0 unspecified atom stereocenters. The number of halogens is 6. The highest BCUT2D eigenvalue weighted by molar-refractivity contribution is 7.92. The van der Waals surface area contributed by atoms with Crippen LogP contribution in [0, 0.1) is 17.8 Å². The Balaban J connectivity index is 0.000000449. The van der Waals surface area contributed by atoms with Gasteiger partial charge in [0.1, 0.15) is 0 Å². The van der Waals surface area contributed by atoms with E-state index in [2.05, 4.69) is 29.0 Å². The molecule has 2 saturated heterocycles. The summed E-state index contributed by atoms with van der Waals surface area (Å²) in [6.07, 6.45) is -6.31. The highest BCUT2D eigenvalue weighted by Crippen LogP contribution is 2.37. The third-order valence-corrected chi connectivity index (χ3v) is 7.94. The molecule has 39 heavy (non-hydrogen) atoms. The summed E-state index contributed by atoms with van der Waals surface area (Å²) >= 11 is 0. The number of carboxylic acids is 2. The second-order valence-electron chi connectivity index (χ2n) is 9.26. The molecule has 1 aromatic heterocycles. The molecule has 3 heterocycles. The maximum atomic E-state index is 12.7. The molecule has 2 fully saturated rings. The van der Waals surface area contributed by atoms with Crippen molar-refractivity contribution < 1.29 is 59.4 Å². The maximum Gasteiger partial charge on any atom is 0.490 e. The summed E-state index contributed by atoms with van der Waals surface area (Å²) in [6, 6.07) is 3.76. The molecule has 10 nitrogen and oxygen atoms in total. The van der Waals surface area contributed by atoms with Gasteiger partial charge in [-0.2, -0.15) is 26.3 Å². The molecule has 1 aromatic rings. The molecular weight excluding hydrogens is 564 g/mol. The van der Waals surface area contributed by atoms with Gasteiger partial charge < -0.3 is 20.4 Å². The van der Waals surface area contributed by atoms with Crippen molar-refractivity contribution in [2.24, 2.45) is 17.8 Å². The zero-order valence-corrected chi connectivity index (χ0v) is 21.7. The summed E-state index contributed by atoms with van der Waals surface area (Å²) in [7, 11) is -3.09. The first-order chi connectivity index (χ1) is 17.8. The summed E-state index contributed by atoms with van der Waals surface area (Å²) < 4.78 is 88.4. The van der Waals surface area contributed by atoms with Gasteiger partial charge in [0.2, 0.25) is 5.91 Å². The van der Waals surface area contributed by atoms with E-state index in [4.69, 9.17) is 19.8 Å². The van der Waals surface area contributed by atoms with Crippen LogP contribution >= 0.6 is 0 Å². The number of hydrogen-bond donors (Lipinski definition) is 3. The molecule has 0 spiro atoms.